The Balaban J connectivity index is 2.23. The summed E-state index contributed by atoms with van der Waals surface area (Å²) in [6.07, 6.45) is -1.48. The van der Waals surface area contributed by atoms with E-state index in [1.54, 1.807) is 33.8 Å². The number of ether oxygens (including phenoxy) is 1. The van der Waals surface area contributed by atoms with Crippen LogP contribution in [-0.2, 0) is 11.3 Å². The Bertz CT molecular complexity index is 635. The number of halogens is 4. The van der Waals surface area contributed by atoms with Crippen molar-refractivity contribution in [3.63, 3.8) is 0 Å². The number of benzene rings is 1. The predicted octanol–water partition coefficient (Wildman–Crippen LogP) is 5.43. The van der Waals surface area contributed by atoms with Crippen LogP contribution in [-0.4, -0.2) is 28.6 Å². The lowest BCUT2D eigenvalue weighted by Gasteiger charge is -2.42. The maximum atomic E-state index is 13.8. The molecule has 1 fully saturated rings. The number of rotatable bonds is 3. The van der Waals surface area contributed by atoms with Crippen molar-refractivity contribution in [3.8, 4) is 0 Å². The average molecular weight is 408 g/mol. The van der Waals surface area contributed by atoms with Gasteiger partial charge in [-0.1, -0.05) is 15.9 Å². The second kappa shape index (κ2) is 6.58. The number of aryl methyl sites for hydroxylation is 1. The quantitative estimate of drug-likeness (QED) is 0.668. The van der Waals surface area contributed by atoms with E-state index in [1.165, 1.54) is 11.0 Å². The molecule has 0 unspecified atom stereocenters. The van der Waals surface area contributed by atoms with Gasteiger partial charge in [0.2, 0.25) is 0 Å². The van der Waals surface area contributed by atoms with Crippen LogP contribution in [0.4, 0.5) is 18.0 Å². The summed E-state index contributed by atoms with van der Waals surface area (Å²) in [5.41, 5.74) is 0.237. The molecule has 1 aliphatic rings. The van der Waals surface area contributed by atoms with Crippen LogP contribution in [0.5, 0.6) is 0 Å². The minimum atomic E-state index is -2.76. The Morgan fingerprint density at radius 2 is 1.96 bits per heavy atom. The molecule has 0 N–H and O–H groups in total. The monoisotopic (exact) mass is 407 g/mol. The van der Waals surface area contributed by atoms with Crippen LogP contribution in [0, 0.1) is 12.7 Å². The molecule has 3 nitrogen and oxygen atoms in total. The summed E-state index contributed by atoms with van der Waals surface area (Å²) in [5, 5.41) is 0. The van der Waals surface area contributed by atoms with Gasteiger partial charge < -0.3 is 9.64 Å². The number of carbonyl (C=O) groups is 1. The molecule has 1 aromatic carbocycles. The number of hydrogen-bond acceptors (Lipinski definition) is 2. The van der Waals surface area contributed by atoms with Crippen LogP contribution in [0.25, 0.3) is 0 Å². The van der Waals surface area contributed by atoms with E-state index in [9.17, 15) is 18.0 Å². The molecule has 0 heterocycles. The summed E-state index contributed by atoms with van der Waals surface area (Å²) in [4.78, 5) is 13.7. The normalized spacial score (nSPS) is 17.3. The van der Waals surface area contributed by atoms with Crippen molar-refractivity contribution in [2.24, 2.45) is 0 Å². The van der Waals surface area contributed by atoms with E-state index >= 15 is 0 Å². The number of carbonyl (C=O) groups excluding carboxylic acids is 1. The first-order valence-corrected chi connectivity index (χ1v) is 8.49. The molecular formula is C17H21BrF3NO2. The summed E-state index contributed by atoms with van der Waals surface area (Å²) in [5.74, 6) is -3.17. The summed E-state index contributed by atoms with van der Waals surface area (Å²) < 4.78 is 46.3. The van der Waals surface area contributed by atoms with Gasteiger partial charge in [-0.25, -0.2) is 18.0 Å². The third-order valence-corrected chi connectivity index (χ3v) is 4.54. The van der Waals surface area contributed by atoms with Crippen molar-refractivity contribution < 1.29 is 22.7 Å². The lowest BCUT2D eigenvalue weighted by Crippen LogP contribution is -2.53. The van der Waals surface area contributed by atoms with Gasteiger partial charge in [-0.05, 0) is 51.0 Å². The molecular weight excluding hydrogens is 387 g/mol. The van der Waals surface area contributed by atoms with Crippen LogP contribution >= 0.6 is 15.9 Å². The van der Waals surface area contributed by atoms with Gasteiger partial charge in [0, 0.05) is 23.4 Å². The molecule has 134 valence electrons. The zero-order valence-corrected chi connectivity index (χ0v) is 15.7. The predicted molar refractivity (Wildman–Crippen MR) is 88.6 cm³/mol. The van der Waals surface area contributed by atoms with E-state index in [1.807, 2.05) is 0 Å². The fourth-order valence-corrected chi connectivity index (χ4v) is 3.09. The van der Waals surface area contributed by atoms with Crippen molar-refractivity contribution in [2.45, 2.75) is 64.6 Å². The van der Waals surface area contributed by atoms with E-state index in [2.05, 4.69) is 15.9 Å². The maximum Gasteiger partial charge on any atom is 0.410 e. The van der Waals surface area contributed by atoms with E-state index < -0.39 is 42.3 Å². The van der Waals surface area contributed by atoms with Crippen LogP contribution in [0.3, 0.4) is 0 Å². The second-order valence-corrected chi connectivity index (χ2v) is 8.07. The van der Waals surface area contributed by atoms with E-state index in [4.69, 9.17) is 4.74 Å². The van der Waals surface area contributed by atoms with Crippen LogP contribution < -0.4 is 0 Å². The topological polar surface area (TPSA) is 29.5 Å². The van der Waals surface area contributed by atoms with Crippen molar-refractivity contribution >= 4 is 22.0 Å². The van der Waals surface area contributed by atoms with Gasteiger partial charge in [-0.2, -0.15) is 0 Å². The molecule has 1 aliphatic carbocycles. The summed E-state index contributed by atoms with van der Waals surface area (Å²) in [6.45, 7) is 6.76. The minimum Gasteiger partial charge on any atom is -0.444 e. The van der Waals surface area contributed by atoms with Gasteiger partial charge in [-0.15, -0.1) is 0 Å². The average Bonchev–Trinajstić information content (AvgIpc) is 2.36. The van der Waals surface area contributed by atoms with Gasteiger partial charge in [0.05, 0.1) is 6.54 Å². The largest absolute Gasteiger partial charge is 0.444 e. The molecule has 0 atom stereocenters. The van der Waals surface area contributed by atoms with Gasteiger partial charge in [0.15, 0.2) is 0 Å². The third-order valence-electron chi connectivity index (χ3n) is 3.81. The van der Waals surface area contributed by atoms with Gasteiger partial charge in [-0.3, -0.25) is 0 Å². The molecule has 2 rings (SSSR count). The van der Waals surface area contributed by atoms with Crippen LogP contribution in [0.2, 0.25) is 0 Å². The summed E-state index contributed by atoms with van der Waals surface area (Å²) in [6, 6.07) is 2.30. The molecule has 0 bridgehead atoms. The maximum absolute atomic E-state index is 13.8. The molecule has 0 aliphatic heterocycles. The molecule has 0 radical (unpaired) electrons. The third kappa shape index (κ3) is 4.65. The van der Waals surface area contributed by atoms with Gasteiger partial charge in [0.25, 0.3) is 5.92 Å². The highest BCUT2D eigenvalue weighted by molar-refractivity contribution is 9.10. The summed E-state index contributed by atoms with van der Waals surface area (Å²) >= 11 is 3.34. The molecule has 1 saturated carbocycles. The molecule has 0 saturated heterocycles. The van der Waals surface area contributed by atoms with Crippen LogP contribution in [0.1, 0.15) is 44.7 Å². The smallest absolute Gasteiger partial charge is 0.410 e. The fraction of sp³-hybridized carbons (Fsp3) is 0.588. The minimum absolute atomic E-state index is 0.00738. The number of hydrogen-bond donors (Lipinski definition) is 0. The van der Waals surface area contributed by atoms with Gasteiger partial charge >= 0.3 is 6.09 Å². The second-order valence-electron chi connectivity index (χ2n) is 7.22. The lowest BCUT2D eigenvalue weighted by molar-refractivity contribution is -0.124. The molecule has 24 heavy (non-hydrogen) atoms. The first-order valence-electron chi connectivity index (χ1n) is 7.70. The zero-order valence-electron chi connectivity index (χ0n) is 14.1. The standard InChI is InChI=1S/C17H21BrF3NO2/c1-10-5-13(18)11(6-14(10)19)9-22(12-7-17(20,21)8-12)15(23)24-16(2,3)4/h5-6,12H,7-9H2,1-4H3. The number of amides is 1. The first kappa shape index (κ1) is 19.1. The van der Waals surface area contributed by atoms with E-state index in [0.717, 1.165) is 0 Å². The van der Waals surface area contributed by atoms with Gasteiger partial charge in [0.1, 0.15) is 11.4 Å². The number of nitrogens with zero attached hydrogens (tertiary/aromatic N) is 1. The molecule has 1 amide bonds. The SMILES string of the molecule is Cc1cc(Br)c(CN(C(=O)OC(C)(C)C)C2CC(F)(F)C2)cc1F. The Hall–Kier alpha value is -1.24. The fourth-order valence-electron chi connectivity index (χ4n) is 2.51. The van der Waals surface area contributed by atoms with Crippen molar-refractivity contribution in [2.75, 3.05) is 0 Å². The Morgan fingerprint density at radius 3 is 2.46 bits per heavy atom. The molecule has 0 aromatic heterocycles. The number of alkyl halides is 2. The highest BCUT2D eigenvalue weighted by atomic mass is 79.9. The molecule has 0 spiro atoms. The van der Waals surface area contributed by atoms with Crippen LogP contribution in [0.15, 0.2) is 16.6 Å². The van der Waals surface area contributed by atoms with E-state index in [-0.39, 0.29) is 6.54 Å². The molecule has 1 aromatic rings. The van der Waals surface area contributed by atoms with Crippen molar-refractivity contribution in [1.29, 1.82) is 0 Å². The van der Waals surface area contributed by atoms with Crippen molar-refractivity contribution in [3.05, 3.63) is 33.5 Å². The highest BCUT2D eigenvalue weighted by Crippen LogP contribution is 2.41. The summed E-state index contributed by atoms with van der Waals surface area (Å²) in [7, 11) is 0. The van der Waals surface area contributed by atoms with Crippen molar-refractivity contribution in [1.82, 2.24) is 4.90 Å². The Kier molecular flexibility index (Phi) is 5.23. The zero-order chi connectivity index (χ0) is 18.3. The molecule has 7 heteroatoms. The highest BCUT2D eigenvalue weighted by Gasteiger charge is 2.49. The first-order chi connectivity index (χ1) is 10.9. The Morgan fingerprint density at radius 1 is 1.38 bits per heavy atom. The van der Waals surface area contributed by atoms with E-state index in [0.29, 0.717) is 15.6 Å². The lowest BCUT2D eigenvalue weighted by atomic mass is 9.86. The Labute approximate surface area is 148 Å².